The van der Waals surface area contributed by atoms with Crippen LogP contribution in [0.25, 0.3) is 0 Å². The second kappa shape index (κ2) is 2.91. The zero-order valence-electron chi connectivity index (χ0n) is 2.86. The first kappa shape index (κ1) is 8.55. The highest BCUT2D eigenvalue weighted by atomic mass is 80.0. The van der Waals surface area contributed by atoms with Crippen molar-refractivity contribution in [3.05, 3.63) is 0 Å². The van der Waals surface area contributed by atoms with Crippen LogP contribution >= 0.6 is 47.8 Å². The Kier molecular flexibility index (Phi) is 3.55. The van der Waals surface area contributed by atoms with Gasteiger partial charge in [-0.3, -0.25) is 4.21 Å². The fourth-order valence-electron chi connectivity index (χ4n) is 0. The van der Waals surface area contributed by atoms with Gasteiger partial charge in [-0.05, 0) is 58.9 Å². The van der Waals surface area contributed by atoms with Crippen molar-refractivity contribution in [3.8, 4) is 0 Å². The molecule has 0 saturated carbocycles. The lowest BCUT2D eigenvalue weighted by Gasteiger charge is -2.13. The minimum absolute atomic E-state index is 1.15. The molecule has 0 aliphatic heterocycles. The third kappa shape index (κ3) is 4.08. The maximum Gasteiger partial charge on any atom is 0.195 e. The van der Waals surface area contributed by atoms with Gasteiger partial charge >= 0.3 is 0 Å². The van der Waals surface area contributed by atoms with Crippen LogP contribution in [0.15, 0.2) is 0 Å². The molecule has 0 aliphatic rings. The maximum atomic E-state index is 9.88. The van der Waals surface area contributed by atoms with Gasteiger partial charge in [-0.25, -0.2) is 0 Å². The molecule has 0 aromatic rings. The van der Waals surface area contributed by atoms with Gasteiger partial charge in [0.15, 0.2) is 1.47 Å². The first-order valence-electron chi connectivity index (χ1n) is 1.10. The third-order valence-corrected chi connectivity index (χ3v) is 2.95. The molecular weight excluding hydrogens is 316 g/mol. The van der Waals surface area contributed by atoms with Crippen molar-refractivity contribution in [1.82, 2.24) is 0 Å². The molecule has 0 aromatic heterocycles. The fraction of sp³-hybridized carbons (Fsp3) is 1.00. The first-order valence-corrected chi connectivity index (χ1v) is 4.56. The maximum absolute atomic E-state index is 9.88. The molecule has 0 saturated heterocycles. The molecule has 0 bridgehead atoms. The molecule has 0 amide bonds. The molecule has 44 valence electrons. The van der Waals surface area contributed by atoms with Crippen molar-refractivity contribution < 1.29 is 8.76 Å². The molecule has 0 N–H and O–H groups in total. The molecule has 7 heavy (non-hydrogen) atoms. The zero-order chi connectivity index (χ0) is 6.08. The summed E-state index contributed by atoms with van der Waals surface area (Å²) in [6, 6.07) is 0. The predicted molar refractivity (Wildman–Crippen MR) is 38.4 cm³/mol. The average molecular weight is 316 g/mol. The van der Waals surface area contributed by atoms with E-state index in [1.165, 1.54) is 0 Å². The van der Waals surface area contributed by atoms with E-state index in [2.05, 4.69) is 47.8 Å². The lowest BCUT2D eigenvalue weighted by atomic mass is 11.9. The Hall–Kier alpha value is 1.55. The number of halogens is 3. The Balaban J connectivity index is 3.79. The molecule has 0 fully saturated rings. The summed E-state index contributed by atoms with van der Waals surface area (Å²) in [7, 11) is 0. The summed E-state index contributed by atoms with van der Waals surface area (Å²) in [4.78, 5) is 0. The lowest BCUT2D eigenvalue weighted by molar-refractivity contribution is 0.540. The molecule has 0 spiro atoms. The summed E-state index contributed by atoms with van der Waals surface area (Å²) in [5.74, 6) is 0. The van der Waals surface area contributed by atoms with E-state index in [1.54, 1.807) is 0 Å². The van der Waals surface area contributed by atoms with Crippen molar-refractivity contribution in [2.24, 2.45) is 0 Å². The second-order valence-corrected chi connectivity index (χ2v) is 10.1. The van der Waals surface area contributed by atoms with Gasteiger partial charge in [-0.1, -0.05) is 0 Å². The van der Waals surface area contributed by atoms with Crippen LogP contribution in [0.4, 0.5) is 0 Å². The Morgan fingerprint density at radius 3 is 1.57 bits per heavy atom. The van der Waals surface area contributed by atoms with Gasteiger partial charge in [-0.2, -0.15) is 0 Å². The van der Waals surface area contributed by atoms with Gasteiger partial charge in [0.2, 0.25) is 0 Å². The van der Waals surface area contributed by atoms with Crippen LogP contribution in [0, 0.1) is 0 Å². The van der Waals surface area contributed by atoms with Gasteiger partial charge in [0.1, 0.15) is 0 Å². The molecule has 0 rings (SSSR count). The van der Waals surface area contributed by atoms with Crippen molar-refractivity contribution in [3.63, 3.8) is 0 Å². The topological polar surface area (TPSA) is 40.1 Å². The van der Waals surface area contributed by atoms with Crippen LogP contribution in [0.2, 0.25) is 0 Å². The molecule has 1 unspecified atom stereocenters. The summed E-state index contributed by atoms with van der Waals surface area (Å²) in [5.41, 5.74) is 0. The Labute approximate surface area is 68.7 Å². The van der Waals surface area contributed by atoms with Crippen molar-refractivity contribution in [1.29, 1.82) is 0 Å². The summed E-state index contributed by atoms with van der Waals surface area (Å²) in [6.07, 6.45) is 0. The van der Waals surface area contributed by atoms with Crippen LogP contribution < -0.4 is 0 Å². The zero-order valence-corrected chi connectivity index (χ0v) is 8.43. The van der Waals surface area contributed by atoms with Crippen LogP contribution in [0.3, 0.4) is 0 Å². The highest BCUT2D eigenvalue weighted by Gasteiger charge is 2.17. The van der Waals surface area contributed by atoms with E-state index in [0.717, 1.165) is 0 Å². The standard InChI is InChI=1S/CHBr3O2S/c2-1(3,4)7(5)6/h(H,5,6)/p-1. The number of alkyl halides is 3. The Morgan fingerprint density at radius 1 is 1.43 bits per heavy atom. The number of rotatable bonds is 0. The summed E-state index contributed by atoms with van der Waals surface area (Å²) < 4.78 is 18.6. The number of hydrogen-bond acceptors (Lipinski definition) is 2. The molecule has 0 radical (unpaired) electrons. The monoisotopic (exact) mass is 313 g/mol. The van der Waals surface area contributed by atoms with Gasteiger partial charge < -0.3 is 4.55 Å². The predicted octanol–water partition coefficient (Wildman–Crippen LogP) is 1.66. The van der Waals surface area contributed by atoms with Crippen molar-refractivity contribution in [2.75, 3.05) is 0 Å². The summed E-state index contributed by atoms with van der Waals surface area (Å²) in [5, 5.41) is 0. The summed E-state index contributed by atoms with van der Waals surface area (Å²) in [6.45, 7) is 0. The van der Waals surface area contributed by atoms with E-state index >= 15 is 0 Å². The molecule has 1 atom stereocenters. The smallest absolute Gasteiger partial charge is 0.195 e. The third-order valence-electron chi connectivity index (χ3n) is 0.189. The Bertz CT molecular complexity index is 85.4. The highest BCUT2D eigenvalue weighted by Crippen LogP contribution is 2.35. The largest absolute Gasteiger partial charge is 0.770 e. The lowest BCUT2D eigenvalue weighted by Crippen LogP contribution is -2.07. The average Bonchev–Trinajstić information content (AvgIpc) is 1.31. The summed E-state index contributed by atoms with van der Waals surface area (Å²) >= 11 is 6.11. The van der Waals surface area contributed by atoms with E-state index in [9.17, 15) is 8.76 Å². The van der Waals surface area contributed by atoms with Crippen LogP contribution in [0.5, 0.6) is 0 Å². The molecule has 6 heteroatoms. The second-order valence-electron chi connectivity index (χ2n) is 0.680. The first-order chi connectivity index (χ1) is 2.94. The van der Waals surface area contributed by atoms with Gasteiger partial charge in [0.05, 0.1) is 0 Å². The number of hydrogen-bond donors (Lipinski definition) is 0. The van der Waals surface area contributed by atoms with Crippen LogP contribution in [-0.2, 0) is 11.1 Å². The normalized spacial score (nSPS) is 16.6. The highest BCUT2D eigenvalue weighted by molar-refractivity contribution is 9.42. The fourth-order valence-corrected chi connectivity index (χ4v) is 0. The van der Waals surface area contributed by atoms with E-state index in [4.69, 9.17) is 0 Å². The van der Waals surface area contributed by atoms with Gasteiger partial charge in [-0.15, -0.1) is 0 Å². The van der Waals surface area contributed by atoms with Crippen molar-refractivity contribution in [2.45, 2.75) is 1.47 Å². The minimum atomic E-state index is -2.18. The molecular formula is CBr3O2S-. The van der Waals surface area contributed by atoms with Crippen molar-refractivity contribution >= 4 is 58.9 Å². The van der Waals surface area contributed by atoms with E-state index in [0.29, 0.717) is 0 Å². The SMILES string of the molecule is O=S([O-])C(Br)(Br)Br. The molecule has 0 heterocycles. The minimum Gasteiger partial charge on any atom is -0.770 e. The van der Waals surface area contributed by atoms with E-state index in [-0.39, 0.29) is 0 Å². The van der Waals surface area contributed by atoms with Crippen LogP contribution in [0.1, 0.15) is 0 Å². The van der Waals surface area contributed by atoms with Gasteiger partial charge in [0, 0.05) is 0 Å². The molecule has 0 aliphatic carbocycles. The van der Waals surface area contributed by atoms with E-state index in [1.807, 2.05) is 0 Å². The quantitative estimate of drug-likeness (QED) is 0.504. The van der Waals surface area contributed by atoms with Gasteiger partial charge in [0.25, 0.3) is 0 Å². The van der Waals surface area contributed by atoms with E-state index < -0.39 is 12.6 Å². The molecule has 0 aromatic carbocycles. The Morgan fingerprint density at radius 2 is 1.57 bits per heavy atom. The van der Waals surface area contributed by atoms with Crippen LogP contribution in [-0.4, -0.2) is 10.2 Å². The molecule has 2 nitrogen and oxygen atoms in total.